The second-order valence-electron chi connectivity index (χ2n) is 7.65. The molecule has 2 fully saturated rings. The fourth-order valence-corrected chi connectivity index (χ4v) is 3.96. The van der Waals surface area contributed by atoms with Gasteiger partial charge in [0.2, 0.25) is 5.91 Å². The van der Waals surface area contributed by atoms with Crippen molar-refractivity contribution in [1.82, 2.24) is 25.8 Å². The summed E-state index contributed by atoms with van der Waals surface area (Å²) in [7, 11) is 0. The molecule has 1 aromatic heterocycles. The molecule has 1 atom stereocenters. The molecule has 1 saturated carbocycles. The molecule has 0 radical (unpaired) electrons. The highest BCUT2D eigenvalue weighted by Gasteiger charge is 2.32. The zero-order valence-electron chi connectivity index (χ0n) is 17.2. The van der Waals surface area contributed by atoms with Crippen LogP contribution in [0.25, 0.3) is 0 Å². The first-order valence-electron chi connectivity index (χ1n) is 10.7. The number of carbonyl (C=O) groups excluding carboxylic acids is 2. The summed E-state index contributed by atoms with van der Waals surface area (Å²) in [4.78, 5) is 35.1. The smallest absolute Gasteiger partial charge is 0.252 e. The van der Waals surface area contributed by atoms with E-state index in [0.29, 0.717) is 24.6 Å². The zero-order valence-corrected chi connectivity index (χ0v) is 17.2. The third-order valence-electron chi connectivity index (χ3n) is 5.48. The van der Waals surface area contributed by atoms with Crippen molar-refractivity contribution in [3.05, 3.63) is 30.1 Å². The van der Waals surface area contributed by atoms with E-state index in [1.165, 1.54) is 12.8 Å². The first-order chi connectivity index (χ1) is 14.2. The van der Waals surface area contributed by atoms with Crippen LogP contribution in [-0.4, -0.2) is 66.4 Å². The standard InChI is InChI=1S/C21H32N6O2/c1-2-23-21(25-12-11-24-19(28)17-8-5-10-22-14-17)26-18-9-13-27(15-18)20(29)16-6-3-4-7-16/h5,8,10,14,16,18H,2-4,6-7,9,11-13,15H2,1H3,(H,24,28)(H2,23,25,26). The molecule has 0 spiro atoms. The molecular formula is C21H32N6O2. The van der Waals surface area contributed by atoms with Crippen LogP contribution in [0.1, 0.15) is 49.4 Å². The van der Waals surface area contributed by atoms with Crippen LogP contribution in [0.5, 0.6) is 0 Å². The van der Waals surface area contributed by atoms with E-state index in [0.717, 1.165) is 44.9 Å². The van der Waals surface area contributed by atoms with E-state index >= 15 is 0 Å². The summed E-state index contributed by atoms with van der Waals surface area (Å²) in [5.74, 6) is 1.14. The summed E-state index contributed by atoms with van der Waals surface area (Å²) in [6.45, 7) is 5.24. The van der Waals surface area contributed by atoms with E-state index < -0.39 is 0 Å². The predicted molar refractivity (Wildman–Crippen MR) is 113 cm³/mol. The van der Waals surface area contributed by atoms with Gasteiger partial charge in [-0.05, 0) is 38.3 Å². The lowest BCUT2D eigenvalue weighted by Crippen LogP contribution is -2.45. The molecule has 2 amide bonds. The van der Waals surface area contributed by atoms with Crippen molar-refractivity contribution < 1.29 is 9.59 Å². The number of aliphatic imine (C=N–C) groups is 1. The average Bonchev–Trinajstić information content (AvgIpc) is 3.43. The number of nitrogens with one attached hydrogen (secondary N) is 3. The lowest BCUT2D eigenvalue weighted by Gasteiger charge is -2.21. The Bertz CT molecular complexity index is 702. The van der Waals surface area contributed by atoms with E-state index in [1.54, 1.807) is 24.5 Å². The minimum atomic E-state index is -0.150. The number of hydrogen-bond donors (Lipinski definition) is 3. The van der Waals surface area contributed by atoms with Crippen molar-refractivity contribution in [3.8, 4) is 0 Å². The molecule has 3 rings (SSSR count). The van der Waals surface area contributed by atoms with Crippen LogP contribution >= 0.6 is 0 Å². The molecule has 2 heterocycles. The predicted octanol–water partition coefficient (Wildman–Crippen LogP) is 1.16. The van der Waals surface area contributed by atoms with Crippen molar-refractivity contribution in [1.29, 1.82) is 0 Å². The highest BCUT2D eigenvalue weighted by atomic mass is 16.2. The van der Waals surface area contributed by atoms with Crippen LogP contribution in [-0.2, 0) is 4.79 Å². The van der Waals surface area contributed by atoms with Crippen LogP contribution in [0.2, 0.25) is 0 Å². The lowest BCUT2D eigenvalue weighted by molar-refractivity contribution is -0.134. The Morgan fingerprint density at radius 3 is 2.79 bits per heavy atom. The number of hydrogen-bond acceptors (Lipinski definition) is 4. The van der Waals surface area contributed by atoms with Gasteiger partial charge in [0.1, 0.15) is 0 Å². The van der Waals surface area contributed by atoms with Crippen molar-refractivity contribution in [2.75, 3.05) is 32.7 Å². The fourth-order valence-electron chi connectivity index (χ4n) is 3.96. The maximum Gasteiger partial charge on any atom is 0.252 e. The average molecular weight is 401 g/mol. The Balaban J connectivity index is 1.43. The normalized spacial score (nSPS) is 20.0. The molecule has 29 heavy (non-hydrogen) atoms. The summed E-state index contributed by atoms with van der Waals surface area (Å²) < 4.78 is 0. The monoisotopic (exact) mass is 400 g/mol. The molecule has 8 nitrogen and oxygen atoms in total. The molecule has 8 heteroatoms. The number of rotatable bonds is 7. The third kappa shape index (κ3) is 6.17. The molecule has 1 aliphatic carbocycles. The van der Waals surface area contributed by atoms with E-state index in [2.05, 4.69) is 25.9 Å². The number of aromatic nitrogens is 1. The minimum absolute atomic E-state index is 0.150. The van der Waals surface area contributed by atoms with Gasteiger partial charge in [0.25, 0.3) is 5.91 Å². The number of guanidine groups is 1. The molecule has 1 unspecified atom stereocenters. The van der Waals surface area contributed by atoms with E-state index in [-0.39, 0.29) is 17.9 Å². The van der Waals surface area contributed by atoms with Gasteiger partial charge in [-0.15, -0.1) is 0 Å². The number of amides is 2. The van der Waals surface area contributed by atoms with Crippen molar-refractivity contribution in [3.63, 3.8) is 0 Å². The fraction of sp³-hybridized carbons (Fsp3) is 0.619. The minimum Gasteiger partial charge on any atom is -0.357 e. The summed E-state index contributed by atoms with van der Waals surface area (Å²) in [6, 6.07) is 3.68. The van der Waals surface area contributed by atoms with Crippen LogP contribution in [0.3, 0.4) is 0 Å². The van der Waals surface area contributed by atoms with Crippen LogP contribution in [0.15, 0.2) is 29.5 Å². The molecule has 1 aliphatic heterocycles. The van der Waals surface area contributed by atoms with Crippen molar-refractivity contribution >= 4 is 17.8 Å². The summed E-state index contributed by atoms with van der Waals surface area (Å²) >= 11 is 0. The second kappa shape index (κ2) is 10.8. The molecule has 3 N–H and O–H groups in total. The number of carbonyl (C=O) groups is 2. The Morgan fingerprint density at radius 1 is 1.24 bits per heavy atom. The lowest BCUT2D eigenvalue weighted by atomic mass is 10.1. The van der Waals surface area contributed by atoms with Crippen molar-refractivity contribution in [2.45, 2.75) is 45.1 Å². The Morgan fingerprint density at radius 2 is 2.07 bits per heavy atom. The quantitative estimate of drug-likeness (QED) is 0.362. The molecule has 0 aromatic carbocycles. The second-order valence-corrected chi connectivity index (χ2v) is 7.65. The zero-order chi connectivity index (χ0) is 20.5. The van der Waals surface area contributed by atoms with Crippen molar-refractivity contribution in [2.24, 2.45) is 10.9 Å². The van der Waals surface area contributed by atoms with E-state index in [4.69, 9.17) is 0 Å². The van der Waals surface area contributed by atoms with Gasteiger partial charge in [0, 0.05) is 50.5 Å². The van der Waals surface area contributed by atoms with E-state index in [1.807, 2.05) is 11.8 Å². The number of nitrogens with zero attached hydrogens (tertiary/aromatic N) is 3. The van der Waals surface area contributed by atoms with Gasteiger partial charge in [-0.2, -0.15) is 0 Å². The van der Waals surface area contributed by atoms with Crippen LogP contribution in [0, 0.1) is 5.92 Å². The SMILES string of the molecule is CCNC(=NCCNC(=O)c1cccnc1)NC1CCN(C(=O)C2CCCC2)C1. The van der Waals surface area contributed by atoms with Crippen LogP contribution < -0.4 is 16.0 Å². The highest BCUT2D eigenvalue weighted by Crippen LogP contribution is 2.27. The maximum absolute atomic E-state index is 12.6. The largest absolute Gasteiger partial charge is 0.357 e. The third-order valence-corrected chi connectivity index (χ3v) is 5.48. The molecule has 158 valence electrons. The molecule has 1 aromatic rings. The molecule has 2 aliphatic rings. The Kier molecular flexibility index (Phi) is 7.84. The topological polar surface area (TPSA) is 98.7 Å². The summed E-state index contributed by atoms with van der Waals surface area (Å²) in [5, 5.41) is 9.52. The maximum atomic E-state index is 12.6. The van der Waals surface area contributed by atoms with E-state index in [9.17, 15) is 9.59 Å². The van der Waals surface area contributed by atoms with Gasteiger partial charge >= 0.3 is 0 Å². The molecular weight excluding hydrogens is 368 g/mol. The first-order valence-corrected chi connectivity index (χ1v) is 10.7. The van der Waals surface area contributed by atoms with Gasteiger partial charge in [-0.25, -0.2) is 0 Å². The first kappa shape index (κ1) is 21.1. The molecule has 1 saturated heterocycles. The van der Waals surface area contributed by atoms with Gasteiger partial charge in [-0.1, -0.05) is 12.8 Å². The molecule has 0 bridgehead atoms. The number of pyridine rings is 1. The van der Waals surface area contributed by atoms with Gasteiger partial charge < -0.3 is 20.9 Å². The van der Waals surface area contributed by atoms with Gasteiger partial charge in [-0.3, -0.25) is 19.6 Å². The van der Waals surface area contributed by atoms with Gasteiger partial charge in [0.05, 0.1) is 12.1 Å². The summed E-state index contributed by atoms with van der Waals surface area (Å²) in [6.07, 6.45) is 8.57. The van der Waals surface area contributed by atoms with Crippen LogP contribution in [0.4, 0.5) is 0 Å². The van der Waals surface area contributed by atoms with Gasteiger partial charge in [0.15, 0.2) is 5.96 Å². The summed E-state index contributed by atoms with van der Waals surface area (Å²) in [5.41, 5.74) is 0.541. The highest BCUT2D eigenvalue weighted by molar-refractivity contribution is 5.93. The Hall–Kier alpha value is -2.64. The number of likely N-dealkylation sites (tertiary alicyclic amines) is 1. The Labute approximate surface area is 172 Å².